The molecular weight excluding hydrogens is 491 g/mol. The molecule has 0 aliphatic heterocycles. The second-order valence-corrected chi connectivity index (χ2v) is 8.39. The second-order valence-electron chi connectivity index (χ2n) is 7.58. The minimum absolute atomic E-state index is 0.305. The van der Waals surface area contributed by atoms with Gasteiger partial charge in [-0.3, -0.25) is 4.79 Å². The van der Waals surface area contributed by atoms with Gasteiger partial charge in [-0.1, -0.05) is 42.6 Å². The summed E-state index contributed by atoms with van der Waals surface area (Å²) in [7, 11) is 0. The Bertz CT molecular complexity index is 847. The van der Waals surface area contributed by atoms with E-state index < -0.39 is 0 Å². The van der Waals surface area contributed by atoms with E-state index in [1.807, 2.05) is 13.0 Å². The molecule has 35 heavy (non-hydrogen) atoms. The topological polar surface area (TPSA) is 105 Å². The molecule has 1 amide bonds. The van der Waals surface area contributed by atoms with Gasteiger partial charge in [-0.25, -0.2) is 0 Å². The van der Waals surface area contributed by atoms with Crippen LogP contribution < -0.4 is 16.0 Å². The third-order valence-electron chi connectivity index (χ3n) is 4.78. The second kappa shape index (κ2) is 19.1. The minimum atomic E-state index is -0.354. The van der Waals surface area contributed by atoms with Gasteiger partial charge in [0, 0.05) is 25.9 Å². The molecule has 8 nitrogen and oxygen atoms in total. The molecule has 1 aromatic rings. The summed E-state index contributed by atoms with van der Waals surface area (Å²) in [6.07, 6.45) is 5.07. The number of hydrogen-bond donors (Lipinski definition) is 4. The molecule has 0 saturated carbocycles. The van der Waals surface area contributed by atoms with E-state index in [0.717, 1.165) is 31.2 Å². The third kappa shape index (κ3) is 13.5. The van der Waals surface area contributed by atoms with Gasteiger partial charge in [0.25, 0.3) is 5.91 Å². The molecule has 1 rings (SSSR count). The molecule has 0 unspecified atom stereocenters. The van der Waals surface area contributed by atoms with E-state index in [-0.39, 0.29) is 5.91 Å². The van der Waals surface area contributed by atoms with Crippen LogP contribution in [0.1, 0.15) is 39.2 Å². The van der Waals surface area contributed by atoms with Gasteiger partial charge in [-0.15, -0.1) is 0 Å². The SMILES string of the molecule is CC=C(NCc1ccc(Cl)c(Cl)c1)NC(=O)/C(NCCOCCOCCOCCCC)=C(\C)C=N. The molecule has 0 aliphatic carbocycles. The fourth-order valence-electron chi connectivity index (χ4n) is 2.76. The van der Waals surface area contributed by atoms with Crippen LogP contribution in [0.5, 0.6) is 0 Å². The normalized spacial score (nSPS) is 12.2. The largest absolute Gasteiger partial charge is 0.379 e. The first kappa shape index (κ1) is 30.9. The highest BCUT2D eigenvalue weighted by atomic mass is 35.5. The first-order chi connectivity index (χ1) is 16.9. The summed E-state index contributed by atoms with van der Waals surface area (Å²) < 4.78 is 16.4. The number of nitrogens with one attached hydrogen (secondary N) is 4. The highest BCUT2D eigenvalue weighted by Crippen LogP contribution is 2.22. The Kier molecular flexibility index (Phi) is 16.9. The van der Waals surface area contributed by atoms with Crippen LogP contribution in [-0.4, -0.2) is 58.3 Å². The summed E-state index contributed by atoms with van der Waals surface area (Å²) in [5.74, 6) is 0.178. The zero-order chi connectivity index (χ0) is 25.9. The van der Waals surface area contributed by atoms with Crippen LogP contribution in [0.2, 0.25) is 10.0 Å². The summed E-state index contributed by atoms with van der Waals surface area (Å²) in [4.78, 5) is 12.8. The Morgan fingerprint density at radius 3 is 2.26 bits per heavy atom. The first-order valence-corrected chi connectivity index (χ1v) is 12.5. The quantitative estimate of drug-likeness (QED) is 0.120. The fraction of sp³-hybridized carbons (Fsp3) is 0.520. The van der Waals surface area contributed by atoms with Crippen LogP contribution in [0.4, 0.5) is 0 Å². The predicted molar refractivity (Wildman–Crippen MR) is 142 cm³/mol. The van der Waals surface area contributed by atoms with Gasteiger partial charge in [-0.2, -0.15) is 0 Å². The zero-order valence-electron chi connectivity index (χ0n) is 20.8. The van der Waals surface area contributed by atoms with Crippen LogP contribution in [0, 0.1) is 5.41 Å². The number of halogens is 2. The van der Waals surface area contributed by atoms with E-state index in [2.05, 4.69) is 22.9 Å². The highest BCUT2D eigenvalue weighted by Gasteiger charge is 2.13. The molecule has 0 spiro atoms. The lowest BCUT2D eigenvalue weighted by Gasteiger charge is -2.16. The van der Waals surface area contributed by atoms with Crippen molar-refractivity contribution in [3.8, 4) is 0 Å². The molecule has 0 atom stereocenters. The van der Waals surface area contributed by atoms with E-state index in [1.54, 1.807) is 25.1 Å². The molecule has 10 heteroatoms. The molecule has 0 fully saturated rings. The summed E-state index contributed by atoms with van der Waals surface area (Å²) in [6.45, 7) is 9.73. The van der Waals surface area contributed by atoms with Crippen molar-refractivity contribution in [3.63, 3.8) is 0 Å². The number of benzene rings is 1. The molecule has 1 aromatic carbocycles. The Labute approximate surface area is 218 Å². The maximum Gasteiger partial charge on any atom is 0.273 e. The monoisotopic (exact) mass is 528 g/mol. The van der Waals surface area contributed by atoms with Gasteiger partial charge in [0.15, 0.2) is 0 Å². The number of carbonyl (C=O) groups excluding carboxylic acids is 1. The standard InChI is InChI=1S/C25H38Cl2N4O4/c1-4-6-10-33-12-14-35-15-13-34-11-9-29-24(19(3)17-28)25(32)31-23(5-2)30-18-20-7-8-21(26)22(27)16-20/h5,7-8,16-17,28-30H,4,6,9-15,18H2,1-3H3,(H,31,32)/b23-5?,24-19-,28-17?. The molecule has 0 bridgehead atoms. The number of amides is 1. The summed E-state index contributed by atoms with van der Waals surface area (Å²) in [5.41, 5.74) is 1.73. The Morgan fingerprint density at radius 2 is 1.66 bits per heavy atom. The van der Waals surface area contributed by atoms with Gasteiger partial charge >= 0.3 is 0 Å². The fourth-order valence-corrected chi connectivity index (χ4v) is 3.08. The number of hydrogen-bond acceptors (Lipinski definition) is 7. The smallest absolute Gasteiger partial charge is 0.273 e. The number of ether oxygens (including phenoxy) is 3. The minimum Gasteiger partial charge on any atom is -0.379 e. The van der Waals surface area contributed by atoms with E-state index in [0.29, 0.717) is 73.3 Å². The predicted octanol–water partition coefficient (Wildman–Crippen LogP) is 4.42. The van der Waals surface area contributed by atoms with Crippen molar-refractivity contribution in [1.29, 1.82) is 5.41 Å². The number of rotatable bonds is 19. The molecule has 0 heterocycles. The molecule has 0 saturated heterocycles. The third-order valence-corrected chi connectivity index (χ3v) is 5.52. The number of unbranched alkanes of at least 4 members (excludes halogenated alkanes) is 1. The van der Waals surface area contributed by atoms with Gasteiger partial charge in [0.05, 0.1) is 43.1 Å². The summed E-state index contributed by atoms with van der Waals surface area (Å²) in [5, 5.41) is 17.5. The van der Waals surface area contributed by atoms with Crippen molar-refractivity contribution in [2.75, 3.05) is 46.2 Å². The van der Waals surface area contributed by atoms with Crippen LogP contribution in [0.25, 0.3) is 0 Å². The Hall–Kier alpha value is -2.10. The maximum atomic E-state index is 12.8. The number of allylic oxidation sites excluding steroid dienone is 2. The van der Waals surface area contributed by atoms with Crippen LogP contribution in [0.15, 0.2) is 41.4 Å². The van der Waals surface area contributed by atoms with Crippen LogP contribution in [-0.2, 0) is 25.5 Å². The van der Waals surface area contributed by atoms with Crippen molar-refractivity contribution in [1.82, 2.24) is 16.0 Å². The molecule has 0 aromatic heterocycles. The number of carbonyl (C=O) groups is 1. The van der Waals surface area contributed by atoms with Crippen LogP contribution in [0.3, 0.4) is 0 Å². The van der Waals surface area contributed by atoms with Crippen molar-refractivity contribution in [3.05, 3.63) is 57.0 Å². The molecule has 4 N–H and O–H groups in total. The highest BCUT2D eigenvalue weighted by molar-refractivity contribution is 6.42. The van der Waals surface area contributed by atoms with E-state index in [4.69, 9.17) is 42.8 Å². The Morgan fingerprint density at radius 1 is 1.00 bits per heavy atom. The van der Waals surface area contributed by atoms with Crippen molar-refractivity contribution < 1.29 is 19.0 Å². The first-order valence-electron chi connectivity index (χ1n) is 11.8. The average Bonchev–Trinajstić information content (AvgIpc) is 2.86. The molecular formula is C25H38Cl2N4O4. The van der Waals surface area contributed by atoms with Gasteiger partial charge in [-0.05, 0) is 49.6 Å². The molecule has 0 aliphatic rings. The van der Waals surface area contributed by atoms with Crippen molar-refractivity contribution in [2.24, 2.45) is 0 Å². The van der Waals surface area contributed by atoms with E-state index in [9.17, 15) is 4.79 Å². The zero-order valence-corrected chi connectivity index (χ0v) is 22.4. The van der Waals surface area contributed by atoms with Gasteiger partial charge in [0.1, 0.15) is 11.5 Å². The van der Waals surface area contributed by atoms with Gasteiger partial charge in [0.2, 0.25) is 0 Å². The van der Waals surface area contributed by atoms with Gasteiger partial charge < -0.3 is 35.6 Å². The van der Waals surface area contributed by atoms with Crippen molar-refractivity contribution in [2.45, 2.75) is 40.2 Å². The summed E-state index contributed by atoms with van der Waals surface area (Å²) >= 11 is 12.0. The van der Waals surface area contributed by atoms with E-state index in [1.165, 1.54) is 0 Å². The van der Waals surface area contributed by atoms with Crippen molar-refractivity contribution >= 4 is 35.3 Å². The lowest BCUT2D eigenvalue weighted by atomic mass is 10.2. The molecule has 196 valence electrons. The summed E-state index contributed by atoms with van der Waals surface area (Å²) in [6, 6.07) is 5.35. The average molecular weight is 530 g/mol. The van der Waals surface area contributed by atoms with Crippen LogP contribution >= 0.6 is 23.2 Å². The maximum absolute atomic E-state index is 12.8. The van der Waals surface area contributed by atoms with E-state index >= 15 is 0 Å². The molecule has 0 radical (unpaired) electrons. The Balaban J connectivity index is 2.38. The lowest BCUT2D eigenvalue weighted by molar-refractivity contribution is -0.117. The lowest BCUT2D eigenvalue weighted by Crippen LogP contribution is -2.37.